The molecule has 0 bridgehead atoms. The normalized spacial score (nSPS) is 30.0. The van der Waals surface area contributed by atoms with Gasteiger partial charge in [-0.05, 0) is 46.9 Å². The van der Waals surface area contributed by atoms with Gasteiger partial charge in [-0.3, -0.25) is 0 Å². The molecule has 0 aromatic heterocycles. The maximum atomic E-state index is 12.4. The van der Waals surface area contributed by atoms with E-state index in [1.54, 1.807) is 19.2 Å². The van der Waals surface area contributed by atoms with Crippen LogP contribution in [0.2, 0.25) is 0 Å². The van der Waals surface area contributed by atoms with Gasteiger partial charge in [-0.15, -0.1) is 4.58 Å². The third-order valence-electron chi connectivity index (χ3n) is 3.29. The zero-order valence-corrected chi connectivity index (χ0v) is 14.7. The van der Waals surface area contributed by atoms with Crippen LogP contribution in [0.25, 0.3) is 0 Å². The van der Waals surface area contributed by atoms with E-state index in [1.807, 2.05) is 6.92 Å². The number of likely N-dealkylation sites (N-methyl/N-ethyl adjacent to an activating group) is 2. The number of nitrogens with zero attached hydrogens (tertiary/aromatic N) is 2. The summed E-state index contributed by atoms with van der Waals surface area (Å²) in [6.07, 6.45) is 0. The van der Waals surface area contributed by atoms with Crippen LogP contribution in [-0.2, 0) is 14.4 Å². The van der Waals surface area contributed by atoms with Gasteiger partial charge in [0.25, 0.3) is 5.50 Å². The fraction of sp³-hybridized carbons (Fsp3) is 0.417. The molecule has 0 N–H and O–H groups in total. The highest BCUT2D eigenvalue weighted by Crippen LogP contribution is 2.33. The number of hydroxylamine groups is 3. The lowest BCUT2D eigenvalue weighted by Crippen LogP contribution is -2.51. The molecule has 0 spiro atoms. The first kappa shape index (κ1) is 17.0. The molecule has 1 heterocycles. The molecular formula is C12H15Cl3N2O3S+2. The molecule has 3 unspecified atom stereocenters. The highest BCUT2D eigenvalue weighted by atomic mass is 35.5. The van der Waals surface area contributed by atoms with Crippen LogP contribution < -0.4 is 0 Å². The van der Waals surface area contributed by atoms with Crippen LogP contribution in [0.1, 0.15) is 5.56 Å². The third-order valence-corrected chi connectivity index (χ3v) is 6.52. The number of aryl methyl sites for hydroxylation is 1. The lowest BCUT2D eigenvalue weighted by molar-refractivity contribution is -0.995. The zero-order chi connectivity index (χ0) is 16.0. The standard InChI is InChI=1S/C12H15Cl3N2O3S/c1-8-4-6-9(7-5-8)21(18,19)20-17(3)11(14)10(13)16(2)12(17)15/h4-7,10-11H,1-3H3/q+2. The third kappa shape index (κ3) is 2.93. The molecule has 1 aliphatic rings. The summed E-state index contributed by atoms with van der Waals surface area (Å²) in [5, 5.41) is 0.0886. The predicted octanol–water partition coefficient (Wildman–Crippen LogP) is 2.44. The Morgan fingerprint density at radius 3 is 2.19 bits per heavy atom. The van der Waals surface area contributed by atoms with Crippen LogP contribution >= 0.6 is 34.8 Å². The summed E-state index contributed by atoms with van der Waals surface area (Å²) in [5.74, 6) is 0. The van der Waals surface area contributed by atoms with Gasteiger partial charge in [-0.25, -0.2) is 0 Å². The van der Waals surface area contributed by atoms with Gasteiger partial charge in [0.05, 0.1) is 16.5 Å². The summed E-state index contributed by atoms with van der Waals surface area (Å²) in [6, 6.07) is 6.29. The molecule has 3 atom stereocenters. The summed E-state index contributed by atoms with van der Waals surface area (Å²) in [5.41, 5.74) is -0.613. The van der Waals surface area contributed by atoms with Crippen molar-refractivity contribution in [2.45, 2.75) is 22.8 Å². The molecule has 2 rings (SSSR count). The zero-order valence-electron chi connectivity index (χ0n) is 11.6. The topological polar surface area (TPSA) is 46.4 Å². The lowest BCUT2D eigenvalue weighted by Gasteiger charge is -2.23. The number of halogens is 3. The Morgan fingerprint density at radius 2 is 1.76 bits per heavy atom. The highest BCUT2D eigenvalue weighted by molar-refractivity contribution is 7.86. The maximum Gasteiger partial charge on any atom is 0.475 e. The van der Waals surface area contributed by atoms with Crippen LogP contribution in [0, 0.1) is 6.92 Å². The molecule has 116 valence electrons. The SMILES string of the molecule is Cc1ccc(S(=O)(=O)O[N+]2(C)C(Cl)=[N+](C)C(Cl)C2Cl)cc1. The minimum Gasteiger partial charge on any atom is -0.189 e. The second kappa shape index (κ2) is 5.68. The number of rotatable bonds is 3. The fourth-order valence-corrected chi connectivity index (χ4v) is 4.13. The molecule has 0 radical (unpaired) electrons. The van der Waals surface area contributed by atoms with E-state index in [1.165, 1.54) is 23.8 Å². The molecule has 0 aliphatic carbocycles. The first-order valence-corrected chi connectivity index (χ1v) is 8.68. The number of quaternary nitrogens is 1. The van der Waals surface area contributed by atoms with Crippen molar-refractivity contribution in [1.29, 1.82) is 0 Å². The monoisotopic (exact) mass is 372 g/mol. The predicted molar refractivity (Wildman–Crippen MR) is 82.0 cm³/mol. The summed E-state index contributed by atoms with van der Waals surface area (Å²) < 4.78 is 30.8. The van der Waals surface area contributed by atoms with Gasteiger partial charge in [0.1, 0.15) is 14.1 Å². The quantitative estimate of drug-likeness (QED) is 0.354. The van der Waals surface area contributed by atoms with Gasteiger partial charge in [0.2, 0.25) is 0 Å². The Bertz CT molecular complexity index is 690. The average molecular weight is 374 g/mol. The van der Waals surface area contributed by atoms with Crippen molar-refractivity contribution in [3.63, 3.8) is 0 Å². The number of alkyl halides is 2. The molecule has 0 amide bonds. The Labute approximate surface area is 139 Å². The van der Waals surface area contributed by atoms with Gasteiger partial charge in [0.15, 0.2) is 0 Å². The van der Waals surface area contributed by atoms with Crippen molar-refractivity contribution in [3.05, 3.63) is 29.8 Å². The van der Waals surface area contributed by atoms with E-state index in [0.717, 1.165) is 5.56 Å². The van der Waals surface area contributed by atoms with Crippen LogP contribution in [0.15, 0.2) is 29.2 Å². The molecule has 0 saturated carbocycles. The Kier molecular flexibility index (Phi) is 4.60. The first-order valence-electron chi connectivity index (χ1n) is 6.02. The Balaban J connectivity index is 2.39. The summed E-state index contributed by atoms with van der Waals surface area (Å²) >= 11 is 18.4. The molecule has 21 heavy (non-hydrogen) atoms. The highest BCUT2D eigenvalue weighted by Gasteiger charge is 2.61. The number of benzene rings is 1. The molecular weight excluding hydrogens is 359 g/mol. The van der Waals surface area contributed by atoms with Gasteiger partial charge >= 0.3 is 20.9 Å². The minimum atomic E-state index is -4.03. The summed E-state index contributed by atoms with van der Waals surface area (Å²) in [7, 11) is -0.974. The van der Waals surface area contributed by atoms with Crippen molar-refractivity contribution >= 4 is 50.2 Å². The van der Waals surface area contributed by atoms with Crippen molar-refractivity contribution in [3.8, 4) is 0 Å². The summed E-state index contributed by atoms with van der Waals surface area (Å²) in [4.78, 5) is 0.0291. The van der Waals surface area contributed by atoms with Crippen LogP contribution in [-0.4, -0.2) is 48.0 Å². The van der Waals surface area contributed by atoms with Crippen molar-refractivity contribution in [2.24, 2.45) is 0 Å². The average Bonchev–Trinajstić information content (AvgIpc) is 2.55. The second-order valence-electron chi connectivity index (χ2n) is 4.96. The van der Waals surface area contributed by atoms with E-state index < -0.39 is 25.8 Å². The van der Waals surface area contributed by atoms with Gasteiger partial charge in [-0.1, -0.05) is 22.0 Å². The van der Waals surface area contributed by atoms with Crippen molar-refractivity contribution < 1.29 is 21.9 Å². The van der Waals surface area contributed by atoms with Crippen LogP contribution in [0.5, 0.6) is 0 Å². The molecule has 9 heteroatoms. The van der Waals surface area contributed by atoms with Gasteiger partial charge < -0.3 is 0 Å². The molecule has 1 aromatic rings. The number of amidine groups is 1. The van der Waals surface area contributed by atoms with Crippen molar-refractivity contribution in [2.75, 3.05) is 14.1 Å². The van der Waals surface area contributed by atoms with Gasteiger partial charge in [0, 0.05) is 0 Å². The largest absolute Gasteiger partial charge is 0.475 e. The second-order valence-corrected chi connectivity index (χ2v) is 7.72. The number of hydrogen-bond acceptors (Lipinski definition) is 3. The fourth-order valence-electron chi connectivity index (χ4n) is 1.96. The van der Waals surface area contributed by atoms with E-state index in [0.29, 0.717) is 0 Å². The number of hydrogen-bond donors (Lipinski definition) is 0. The minimum absolute atomic E-state index is 0.0291. The lowest BCUT2D eigenvalue weighted by atomic mass is 10.2. The maximum absolute atomic E-state index is 12.4. The van der Waals surface area contributed by atoms with E-state index in [9.17, 15) is 8.42 Å². The van der Waals surface area contributed by atoms with Crippen LogP contribution in [0.4, 0.5) is 0 Å². The Morgan fingerprint density at radius 1 is 1.24 bits per heavy atom. The van der Waals surface area contributed by atoms with E-state index in [4.69, 9.17) is 39.1 Å². The molecule has 1 aromatic carbocycles. The van der Waals surface area contributed by atoms with E-state index in [-0.39, 0.29) is 10.2 Å². The molecule has 0 fully saturated rings. The smallest absolute Gasteiger partial charge is 0.189 e. The Hall–Kier alpha value is -0.370. The first-order chi connectivity index (χ1) is 9.59. The molecule has 1 aliphatic heterocycles. The van der Waals surface area contributed by atoms with E-state index >= 15 is 0 Å². The van der Waals surface area contributed by atoms with Crippen LogP contribution in [0.3, 0.4) is 0 Å². The summed E-state index contributed by atoms with van der Waals surface area (Å²) in [6.45, 7) is 1.86. The molecule has 0 saturated heterocycles. The van der Waals surface area contributed by atoms with E-state index in [2.05, 4.69) is 0 Å². The molecule has 5 nitrogen and oxygen atoms in total. The van der Waals surface area contributed by atoms with Gasteiger partial charge in [-0.2, -0.15) is 8.42 Å². The van der Waals surface area contributed by atoms with Crippen molar-refractivity contribution in [1.82, 2.24) is 0 Å².